The highest BCUT2D eigenvalue weighted by atomic mass is 32.1. The smallest absolute Gasteiger partial charge is 0.253 e. The van der Waals surface area contributed by atoms with Gasteiger partial charge in [0.15, 0.2) is 5.11 Å². The van der Waals surface area contributed by atoms with Gasteiger partial charge in [0, 0.05) is 23.0 Å². The maximum atomic E-state index is 13.4. The van der Waals surface area contributed by atoms with E-state index in [2.05, 4.69) is 10.3 Å². The molecule has 0 spiro atoms. The Kier molecular flexibility index (Phi) is 7.04. The molecule has 0 saturated carbocycles. The topological polar surface area (TPSA) is 70.5 Å². The van der Waals surface area contributed by atoms with Crippen LogP contribution in [0, 0.1) is 5.82 Å². The summed E-state index contributed by atoms with van der Waals surface area (Å²) in [7, 11) is 0. The molecular formula is C25H24FN3O3S. The van der Waals surface area contributed by atoms with Gasteiger partial charge in [0.05, 0.1) is 26.0 Å². The lowest BCUT2D eigenvalue weighted by molar-refractivity contribution is 0.340. The molecule has 0 amide bonds. The number of aromatic amines is 1. The number of rotatable bonds is 8. The van der Waals surface area contributed by atoms with Crippen molar-refractivity contribution in [1.82, 2.24) is 15.2 Å². The molecule has 0 bridgehead atoms. The number of thiocarbonyl (C=S) groups is 1. The number of halogens is 1. The van der Waals surface area contributed by atoms with Crippen molar-refractivity contribution in [2.24, 2.45) is 0 Å². The van der Waals surface area contributed by atoms with Crippen molar-refractivity contribution in [2.75, 3.05) is 6.61 Å². The summed E-state index contributed by atoms with van der Waals surface area (Å²) in [6.07, 6.45) is 1.60. The molecule has 0 aliphatic heterocycles. The second-order valence-corrected chi connectivity index (χ2v) is 7.91. The molecule has 8 heteroatoms. The fourth-order valence-electron chi connectivity index (χ4n) is 3.51. The number of nitrogens with one attached hydrogen (secondary N) is 2. The van der Waals surface area contributed by atoms with Gasteiger partial charge in [0.2, 0.25) is 0 Å². The van der Waals surface area contributed by atoms with Gasteiger partial charge in [0.25, 0.3) is 5.56 Å². The molecule has 4 aromatic rings. The van der Waals surface area contributed by atoms with Gasteiger partial charge in [-0.25, -0.2) is 4.39 Å². The monoisotopic (exact) mass is 465 g/mol. The Morgan fingerprint density at radius 1 is 1.15 bits per heavy atom. The lowest BCUT2D eigenvalue weighted by atomic mass is 10.1. The summed E-state index contributed by atoms with van der Waals surface area (Å²) in [6, 6.07) is 17.3. The molecule has 2 heterocycles. The molecule has 0 radical (unpaired) electrons. The van der Waals surface area contributed by atoms with Crippen LogP contribution in [-0.4, -0.2) is 21.6 Å². The van der Waals surface area contributed by atoms with E-state index >= 15 is 0 Å². The predicted molar refractivity (Wildman–Crippen MR) is 130 cm³/mol. The average Bonchev–Trinajstić information content (AvgIpc) is 3.33. The van der Waals surface area contributed by atoms with Crippen LogP contribution < -0.4 is 15.6 Å². The van der Waals surface area contributed by atoms with E-state index < -0.39 is 0 Å². The van der Waals surface area contributed by atoms with Gasteiger partial charge in [-0.2, -0.15) is 0 Å². The summed E-state index contributed by atoms with van der Waals surface area (Å²) < 4.78 is 24.3. The quantitative estimate of drug-likeness (QED) is 0.367. The molecule has 2 aromatic carbocycles. The highest BCUT2D eigenvalue weighted by Gasteiger charge is 2.15. The third-order valence-corrected chi connectivity index (χ3v) is 5.54. The molecule has 170 valence electrons. The molecule has 0 aliphatic rings. The number of nitrogens with zero attached hydrogens (tertiary/aromatic N) is 1. The minimum atomic E-state index is -0.306. The van der Waals surface area contributed by atoms with Crippen molar-refractivity contribution in [3.63, 3.8) is 0 Å². The Labute approximate surface area is 196 Å². The number of H-pyrrole nitrogens is 1. The highest BCUT2D eigenvalue weighted by molar-refractivity contribution is 7.80. The maximum Gasteiger partial charge on any atom is 0.253 e. The minimum absolute atomic E-state index is 0.190. The predicted octanol–water partition coefficient (Wildman–Crippen LogP) is 4.74. The van der Waals surface area contributed by atoms with Crippen LogP contribution in [0.2, 0.25) is 0 Å². The summed E-state index contributed by atoms with van der Waals surface area (Å²) in [4.78, 5) is 17.6. The van der Waals surface area contributed by atoms with Gasteiger partial charge >= 0.3 is 0 Å². The molecule has 4 rings (SSSR count). The number of pyridine rings is 1. The lowest BCUT2D eigenvalue weighted by Gasteiger charge is -2.26. The van der Waals surface area contributed by atoms with Crippen molar-refractivity contribution in [2.45, 2.75) is 26.6 Å². The number of fused-ring (bicyclic) bond motifs is 1. The van der Waals surface area contributed by atoms with Crippen LogP contribution in [0.4, 0.5) is 4.39 Å². The van der Waals surface area contributed by atoms with E-state index in [1.54, 1.807) is 18.4 Å². The van der Waals surface area contributed by atoms with E-state index in [1.165, 1.54) is 12.1 Å². The van der Waals surface area contributed by atoms with Crippen LogP contribution in [0.1, 0.15) is 23.8 Å². The Morgan fingerprint density at radius 3 is 2.70 bits per heavy atom. The van der Waals surface area contributed by atoms with E-state index in [1.807, 2.05) is 48.2 Å². The van der Waals surface area contributed by atoms with Crippen LogP contribution in [-0.2, 0) is 19.6 Å². The molecule has 6 nitrogen and oxygen atoms in total. The molecule has 0 atom stereocenters. The van der Waals surface area contributed by atoms with Crippen molar-refractivity contribution in [1.29, 1.82) is 0 Å². The van der Waals surface area contributed by atoms with Gasteiger partial charge in [-0.05, 0) is 73.2 Å². The molecule has 0 aliphatic carbocycles. The first-order valence-corrected chi connectivity index (χ1v) is 11.0. The van der Waals surface area contributed by atoms with Crippen LogP contribution in [0.15, 0.2) is 76.1 Å². The molecule has 0 saturated heterocycles. The summed E-state index contributed by atoms with van der Waals surface area (Å²) in [6.45, 7) is 3.57. The van der Waals surface area contributed by atoms with E-state index in [-0.39, 0.29) is 17.9 Å². The minimum Gasteiger partial charge on any atom is -0.494 e. The Hall–Kier alpha value is -3.65. The zero-order chi connectivity index (χ0) is 23.2. The van der Waals surface area contributed by atoms with Crippen LogP contribution >= 0.6 is 12.2 Å². The highest BCUT2D eigenvalue weighted by Crippen LogP contribution is 2.20. The number of aromatic nitrogens is 1. The molecule has 2 aromatic heterocycles. The van der Waals surface area contributed by atoms with Crippen LogP contribution in [0.25, 0.3) is 10.9 Å². The number of ether oxygens (including phenoxy) is 1. The third-order valence-electron chi connectivity index (χ3n) is 5.13. The van der Waals surface area contributed by atoms with Gasteiger partial charge in [-0.1, -0.05) is 12.1 Å². The zero-order valence-electron chi connectivity index (χ0n) is 18.1. The van der Waals surface area contributed by atoms with Gasteiger partial charge in [0.1, 0.15) is 17.3 Å². The average molecular weight is 466 g/mol. The molecule has 2 N–H and O–H groups in total. The Morgan fingerprint density at radius 2 is 1.97 bits per heavy atom. The molecular weight excluding hydrogens is 441 g/mol. The largest absolute Gasteiger partial charge is 0.494 e. The van der Waals surface area contributed by atoms with E-state index in [9.17, 15) is 9.18 Å². The van der Waals surface area contributed by atoms with Crippen molar-refractivity contribution < 1.29 is 13.5 Å². The van der Waals surface area contributed by atoms with Crippen LogP contribution in [0.3, 0.4) is 0 Å². The number of hydrogen-bond donors (Lipinski definition) is 2. The number of furan rings is 1. The number of hydrogen-bond acceptors (Lipinski definition) is 4. The summed E-state index contributed by atoms with van der Waals surface area (Å²) in [5.74, 6) is 1.17. The summed E-state index contributed by atoms with van der Waals surface area (Å²) >= 11 is 5.63. The summed E-state index contributed by atoms with van der Waals surface area (Å²) in [5, 5.41) is 4.50. The first-order valence-electron chi connectivity index (χ1n) is 10.6. The fourth-order valence-corrected chi connectivity index (χ4v) is 3.71. The molecule has 0 unspecified atom stereocenters. The second-order valence-electron chi connectivity index (χ2n) is 7.53. The lowest BCUT2D eigenvalue weighted by Crippen LogP contribution is -2.39. The summed E-state index contributed by atoms with van der Waals surface area (Å²) in [5.41, 5.74) is 1.97. The van der Waals surface area contributed by atoms with E-state index in [4.69, 9.17) is 21.4 Å². The van der Waals surface area contributed by atoms with Crippen molar-refractivity contribution in [3.05, 3.63) is 100.0 Å². The number of benzene rings is 2. The molecule has 33 heavy (non-hydrogen) atoms. The van der Waals surface area contributed by atoms with E-state index in [0.29, 0.717) is 30.4 Å². The second kappa shape index (κ2) is 10.3. The SMILES string of the molecule is CCOc1ccc2[nH]c(=O)c(CN(Cc3ccc(F)cc3)C(=S)NCc3ccco3)cc2c1. The zero-order valence-corrected chi connectivity index (χ0v) is 19.0. The Balaban J connectivity index is 1.60. The maximum absolute atomic E-state index is 13.4. The van der Waals surface area contributed by atoms with Crippen LogP contribution in [0.5, 0.6) is 5.75 Å². The van der Waals surface area contributed by atoms with Crippen molar-refractivity contribution >= 4 is 28.2 Å². The standard InChI is InChI=1S/C25H24FN3O3S/c1-2-31-21-9-10-23-18(13-21)12-19(24(30)28-23)16-29(15-17-5-7-20(26)8-6-17)25(33)27-14-22-4-3-11-32-22/h3-13H,2,14-16H2,1H3,(H,27,33)(H,28,30). The van der Waals surface area contributed by atoms with Gasteiger partial charge < -0.3 is 24.4 Å². The first kappa shape index (κ1) is 22.5. The van der Waals surface area contributed by atoms with Crippen molar-refractivity contribution in [3.8, 4) is 5.75 Å². The van der Waals surface area contributed by atoms with Gasteiger partial charge in [-0.15, -0.1) is 0 Å². The first-order chi connectivity index (χ1) is 16.0. The normalized spacial score (nSPS) is 10.8. The van der Waals surface area contributed by atoms with Gasteiger partial charge in [-0.3, -0.25) is 4.79 Å². The molecule has 0 fully saturated rings. The third kappa shape index (κ3) is 5.78. The fraction of sp³-hybridized carbons (Fsp3) is 0.200. The Bertz CT molecular complexity index is 1290. The van der Waals surface area contributed by atoms with E-state index in [0.717, 1.165) is 28.0 Å².